The van der Waals surface area contributed by atoms with E-state index >= 15 is 0 Å². The number of rotatable bonds is 8. The highest BCUT2D eigenvalue weighted by Crippen LogP contribution is 2.19. The van der Waals surface area contributed by atoms with E-state index in [1.54, 1.807) is 18.3 Å². The Morgan fingerprint density at radius 1 is 1.15 bits per heavy atom. The van der Waals surface area contributed by atoms with E-state index in [-0.39, 0.29) is 30.2 Å². The number of ether oxygens (including phenoxy) is 1. The standard InChI is InChI=1S/C24H26N4O4S/c1-17(29)21-9-10-22(33-21)24(31)26-19-12-25-28(13-19)15-23(30)27-11-5-8-20(14-27)32-16-18-6-3-2-4-7-18/h2-4,6-7,9-10,12-13,20H,5,8,11,14-16H2,1H3,(H,26,31)/t20-/m1/s1. The Bertz CT molecular complexity index is 1120. The number of benzene rings is 1. The van der Waals surface area contributed by atoms with Crippen LogP contribution in [0.1, 0.15) is 44.7 Å². The van der Waals surface area contributed by atoms with Crippen molar-refractivity contribution in [2.75, 3.05) is 18.4 Å². The summed E-state index contributed by atoms with van der Waals surface area (Å²) in [4.78, 5) is 39.4. The summed E-state index contributed by atoms with van der Waals surface area (Å²) < 4.78 is 7.54. The van der Waals surface area contributed by atoms with Crippen molar-refractivity contribution in [3.05, 3.63) is 70.2 Å². The fourth-order valence-corrected chi connectivity index (χ4v) is 4.48. The fraction of sp³-hybridized carbons (Fsp3) is 0.333. The maximum absolute atomic E-state index is 12.8. The number of ketones is 1. The van der Waals surface area contributed by atoms with Crippen molar-refractivity contribution in [3.8, 4) is 0 Å². The molecule has 0 aliphatic carbocycles. The van der Waals surface area contributed by atoms with Crippen LogP contribution in [-0.2, 0) is 22.7 Å². The third kappa shape index (κ3) is 6.15. The van der Waals surface area contributed by atoms with Crippen LogP contribution in [0, 0.1) is 0 Å². The minimum absolute atomic E-state index is 0.0149. The molecule has 0 unspecified atom stereocenters. The molecule has 2 aromatic heterocycles. The molecule has 33 heavy (non-hydrogen) atoms. The molecule has 1 aromatic carbocycles. The van der Waals surface area contributed by atoms with Crippen LogP contribution < -0.4 is 5.32 Å². The molecule has 1 fully saturated rings. The number of carbonyl (C=O) groups excluding carboxylic acids is 3. The highest BCUT2D eigenvalue weighted by Gasteiger charge is 2.24. The topological polar surface area (TPSA) is 93.5 Å². The number of likely N-dealkylation sites (tertiary alicyclic amines) is 1. The van der Waals surface area contributed by atoms with Crippen molar-refractivity contribution in [1.29, 1.82) is 0 Å². The Hall–Kier alpha value is -3.30. The molecule has 0 radical (unpaired) electrons. The number of Topliss-reactive ketones (excluding diaryl/α,β-unsaturated/α-hetero) is 1. The minimum Gasteiger partial charge on any atom is -0.372 e. The summed E-state index contributed by atoms with van der Waals surface area (Å²) in [5.41, 5.74) is 1.61. The van der Waals surface area contributed by atoms with Gasteiger partial charge in [-0.1, -0.05) is 30.3 Å². The fourth-order valence-electron chi connectivity index (χ4n) is 3.68. The predicted molar refractivity (Wildman–Crippen MR) is 125 cm³/mol. The summed E-state index contributed by atoms with van der Waals surface area (Å²) in [5, 5.41) is 6.95. The van der Waals surface area contributed by atoms with Crippen LogP contribution in [-0.4, -0.2) is 51.5 Å². The van der Waals surface area contributed by atoms with Crippen LogP contribution in [0.3, 0.4) is 0 Å². The Balaban J connectivity index is 1.27. The lowest BCUT2D eigenvalue weighted by Gasteiger charge is -2.32. The number of carbonyl (C=O) groups is 3. The van der Waals surface area contributed by atoms with Gasteiger partial charge in [0.25, 0.3) is 5.91 Å². The zero-order valence-electron chi connectivity index (χ0n) is 18.4. The highest BCUT2D eigenvalue weighted by atomic mass is 32.1. The van der Waals surface area contributed by atoms with Crippen LogP contribution in [0.2, 0.25) is 0 Å². The first-order valence-electron chi connectivity index (χ1n) is 10.9. The number of hydrogen-bond acceptors (Lipinski definition) is 6. The normalized spacial score (nSPS) is 15.9. The first kappa shape index (κ1) is 22.9. The van der Waals surface area contributed by atoms with Crippen molar-refractivity contribution < 1.29 is 19.1 Å². The molecule has 1 saturated heterocycles. The van der Waals surface area contributed by atoms with Gasteiger partial charge in [0.1, 0.15) is 6.54 Å². The van der Waals surface area contributed by atoms with Gasteiger partial charge in [-0.05, 0) is 37.5 Å². The Morgan fingerprint density at radius 3 is 2.70 bits per heavy atom. The van der Waals surface area contributed by atoms with Gasteiger partial charge in [0.05, 0.1) is 34.3 Å². The molecule has 1 N–H and O–H groups in total. The summed E-state index contributed by atoms with van der Waals surface area (Å²) in [5.74, 6) is -0.419. The van der Waals surface area contributed by atoms with E-state index in [1.807, 2.05) is 35.2 Å². The lowest BCUT2D eigenvalue weighted by atomic mass is 10.1. The zero-order valence-corrected chi connectivity index (χ0v) is 19.2. The van der Waals surface area contributed by atoms with E-state index in [0.29, 0.717) is 35.1 Å². The monoisotopic (exact) mass is 466 g/mol. The second kappa shape index (κ2) is 10.5. The number of hydrogen-bond donors (Lipinski definition) is 1. The molecule has 3 heterocycles. The van der Waals surface area contributed by atoms with E-state index in [2.05, 4.69) is 10.4 Å². The highest BCUT2D eigenvalue weighted by molar-refractivity contribution is 7.16. The lowest BCUT2D eigenvalue weighted by molar-refractivity contribution is -0.136. The Morgan fingerprint density at radius 2 is 1.94 bits per heavy atom. The molecular formula is C24H26N4O4S. The predicted octanol–water partition coefficient (Wildman–Crippen LogP) is 3.61. The lowest BCUT2D eigenvalue weighted by Crippen LogP contribution is -2.44. The number of anilines is 1. The second-order valence-corrected chi connectivity index (χ2v) is 9.09. The largest absolute Gasteiger partial charge is 0.372 e. The smallest absolute Gasteiger partial charge is 0.265 e. The third-order valence-electron chi connectivity index (χ3n) is 5.42. The van der Waals surface area contributed by atoms with E-state index in [0.717, 1.165) is 29.7 Å². The van der Waals surface area contributed by atoms with Gasteiger partial charge in [0, 0.05) is 19.3 Å². The quantitative estimate of drug-likeness (QED) is 0.512. The van der Waals surface area contributed by atoms with Gasteiger partial charge in [-0.15, -0.1) is 11.3 Å². The maximum Gasteiger partial charge on any atom is 0.265 e. The van der Waals surface area contributed by atoms with Crippen molar-refractivity contribution in [3.63, 3.8) is 0 Å². The molecule has 0 saturated carbocycles. The van der Waals surface area contributed by atoms with Crippen molar-refractivity contribution in [2.24, 2.45) is 0 Å². The molecule has 1 aliphatic heterocycles. The van der Waals surface area contributed by atoms with E-state index in [1.165, 1.54) is 17.8 Å². The molecule has 9 heteroatoms. The molecule has 4 rings (SSSR count). The van der Waals surface area contributed by atoms with Crippen LogP contribution in [0.5, 0.6) is 0 Å². The average Bonchev–Trinajstić information content (AvgIpc) is 3.49. The molecule has 1 atom stereocenters. The van der Waals surface area contributed by atoms with Gasteiger partial charge in [-0.25, -0.2) is 0 Å². The number of nitrogens with zero attached hydrogens (tertiary/aromatic N) is 3. The number of piperidine rings is 1. The van der Waals surface area contributed by atoms with Gasteiger partial charge in [-0.2, -0.15) is 5.10 Å². The number of nitrogens with one attached hydrogen (secondary N) is 1. The van der Waals surface area contributed by atoms with Gasteiger partial charge in [0.15, 0.2) is 5.78 Å². The number of amides is 2. The summed E-state index contributed by atoms with van der Waals surface area (Å²) in [6.07, 6.45) is 4.98. The van der Waals surface area contributed by atoms with E-state index < -0.39 is 0 Å². The van der Waals surface area contributed by atoms with Gasteiger partial charge >= 0.3 is 0 Å². The molecule has 0 bridgehead atoms. The van der Waals surface area contributed by atoms with Crippen LogP contribution in [0.15, 0.2) is 54.9 Å². The summed E-state index contributed by atoms with van der Waals surface area (Å²) in [7, 11) is 0. The average molecular weight is 467 g/mol. The Kier molecular flexibility index (Phi) is 7.31. The third-order valence-corrected chi connectivity index (χ3v) is 6.61. The zero-order chi connectivity index (χ0) is 23.2. The number of thiophene rings is 1. The first-order chi connectivity index (χ1) is 16.0. The molecule has 3 aromatic rings. The van der Waals surface area contributed by atoms with Crippen molar-refractivity contribution >= 4 is 34.6 Å². The van der Waals surface area contributed by atoms with Gasteiger partial charge in [0.2, 0.25) is 5.91 Å². The molecule has 172 valence electrons. The van der Waals surface area contributed by atoms with Gasteiger partial charge in [-0.3, -0.25) is 19.1 Å². The SMILES string of the molecule is CC(=O)c1ccc(C(=O)Nc2cnn(CC(=O)N3CCC[C@@H](OCc4ccccc4)C3)c2)s1. The first-order valence-corrected chi connectivity index (χ1v) is 11.7. The minimum atomic E-state index is -0.312. The summed E-state index contributed by atoms with van der Waals surface area (Å²) >= 11 is 1.15. The van der Waals surface area contributed by atoms with Crippen molar-refractivity contribution in [1.82, 2.24) is 14.7 Å². The maximum atomic E-state index is 12.8. The Labute approximate surface area is 196 Å². The molecule has 2 amide bonds. The molecule has 0 spiro atoms. The molecule has 8 nitrogen and oxygen atoms in total. The van der Waals surface area contributed by atoms with Gasteiger partial charge < -0.3 is 15.0 Å². The molecular weight excluding hydrogens is 440 g/mol. The van der Waals surface area contributed by atoms with Crippen LogP contribution >= 0.6 is 11.3 Å². The van der Waals surface area contributed by atoms with Crippen LogP contribution in [0.25, 0.3) is 0 Å². The van der Waals surface area contributed by atoms with Crippen LogP contribution in [0.4, 0.5) is 5.69 Å². The number of aromatic nitrogens is 2. The molecule has 1 aliphatic rings. The van der Waals surface area contributed by atoms with E-state index in [9.17, 15) is 14.4 Å². The van der Waals surface area contributed by atoms with E-state index in [4.69, 9.17) is 4.74 Å². The summed E-state index contributed by atoms with van der Waals surface area (Å²) in [6, 6.07) is 13.3. The summed E-state index contributed by atoms with van der Waals surface area (Å²) in [6.45, 7) is 3.36. The second-order valence-electron chi connectivity index (χ2n) is 8.00. The van der Waals surface area contributed by atoms with Crippen molar-refractivity contribution in [2.45, 2.75) is 39.0 Å².